The molecule has 0 aliphatic carbocycles. The Morgan fingerprint density at radius 1 is 1.12 bits per heavy atom. The second-order valence-corrected chi connectivity index (χ2v) is 5.13. The van der Waals surface area contributed by atoms with Crippen molar-refractivity contribution in [1.82, 2.24) is 10.6 Å². The molecule has 1 aromatic rings. The average Bonchev–Trinajstić information content (AvgIpc) is 2.50. The van der Waals surface area contributed by atoms with Crippen molar-refractivity contribution in [3.63, 3.8) is 0 Å². The van der Waals surface area contributed by atoms with E-state index in [-0.39, 0.29) is 17.2 Å². The van der Waals surface area contributed by atoms with Crippen molar-refractivity contribution in [2.75, 3.05) is 13.2 Å². The molecule has 3 amide bonds. The molecule has 0 aliphatic rings. The van der Waals surface area contributed by atoms with Crippen LogP contribution in [0.1, 0.15) is 24.2 Å². The van der Waals surface area contributed by atoms with Gasteiger partial charge in [-0.15, -0.1) is 0 Å². The van der Waals surface area contributed by atoms with E-state index in [0.29, 0.717) is 6.54 Å². The summed E-state index contributed by atoms with van der Waals surface area (Å²) in [7, 11) is 0. The van der Waals surface area contributed by atoms with Crippen molar-refractivity contribution in [2.24, 2.45) is 5.92 Å². The molecule has 0 atom stereocenters. The number of urea groups is 1. The fraction of sp³-hybridized carbons (Fsp3) is 0.400. The minimum atomic E-state index is -2.96. The molecule has 1 aromatic carbocycles. The van der Waals surface area contributed by atoms with Gasteiger partial charge in [0.05, 0.1) is 5.56 Å². The number of carbonyl (C=O) groups excluding carboxylic acids is 3. The summed E-state index contributed by atoms with van der Waals surface area (Å²) in [5, 5.41) is 4.47. The van der Waals surface area contributed by atoms with Gasteiger partial charge in [0.1, 0.15) is 5.75 Å². The first-order valence-electron chi connectivity index (χ1n) is 7.07. The van der Waals surface area contributed by atoms with Crippen LogP contribution in [0.5, 0.6) is 5.75 Å². The molecule has 0 radical (unpaired) electrons. The third-order valence-corrected chi connectivity index (χ3v) is 2.57. The Labute approximate surface area is 137 Å². The van der Waals surface area contributed by atoms with Gasteiger partial charge in [-0.25, -0.2) is 9.59 Å². The highest BCUT2D eigenvalue weighted by molar-refractivity contribution is 5.97. The highest BCUT2D eigenvalue weighted by atomic mass is 19.3. The zero-order chi connectivity index (χ0) is 18.1. The molecule has 0 heterocycles. The molecule has 0 saturated carbocycles. The zero-order valence-electron chi connectivity index (χ0n) is 13.2. The van der Waals surface area contributed by atoms with Crippen molar-refractivity contribution in [2.45, 2.75) is 20.5 Å². The van der Waals surface area contributed by atoms with Gasteiger partial charge in [-0.05, 0) is 30.2 Å². The molecule has 0 aromatic heterocycles. The number of alkyl halides is 2. The van der Waals surface area contributed by atoms with Gasteiger partial charge in [0.15, 0.2) is 6.61 Å². The maximum atomic E-state index is 12.0. The van der Waals surface area contributed by atoms with Gasteiger partial charge in [-0.1, -0.05) is 13.8 Å². The molecule has 24 heavy (non-hydrogen) atoms. The number of imide groups is 1. The lowest BCUT2D eigenvalue weighted by atomic mass is 10.2. The molecule has 0 fully saturated rings. The molecule has 9 heteroatoms. The lowest BCUT2D eigenvalue weighted by Gasteiger charge is -2.09. The highest BCUT2D eigenvalue weighted by Gasteiger charge is 2.13. The lowest BCUT2D eigenvalue weighted by molar-refractivity contribution is -0.123. The third-order valence-electron chi connectivity index (χ3n) is 2.57. The Bertz CT molecular complexity index is 576. The Hall–Kier alpha value is -2.71. The van der Waals surface area contributed by atoms with Crippen molar-refractivity contribution in [3.05, 3.63) is 29.8 Å². The van der Waals surface area contributed by atoms with Crippen LogP contribution in [0.3, 0.4) is 0 Å². The largest absolute Gasteiger partial charge is 0.452 e. The molecule has 0 unspecified atom stereocenters. The summed E-state index contributed by atoms with van der Waals surface area (Å²) in [5.74, 6) is -1.51. The monoisotopic (exact) mass is 344 g/mol. The fourth-order valence-electron chi connectivity index (χ4n) is 1.49. The Morgan fingerprint density at radius 3 is 2.29 bits per heavy atom. The maximum Gasteiger partial charge on any atom is 0.387 e. The first-order valence-corrected chi connectivity index (χ1v) is 7.07. The first kappa shape index (κ1) is 19.3. The highest BCUT2D eigenvalue weighted by Crippen LogP contribution is 2.15. The average molecular weight is 344 g/mol. The van der Waals surface area contributed by atoms with Crippen molar-refractivity contribution < 1.29 is 32.6 Å². The smallest absolute Gasteiger partial charge is 0.387 e. The number of carbonyl (C=O) groups is 3. The van der Waals surface area contributed by atoms with Gasteiger partial charge in [0.25, 0.3) is 5.91 Å². The lowest BCUT2D eigenvalue weighted by Crippen LogP contribution is -2.42. The predicted molar refractivity (Wildman–Crippen MR) is 79.7 cm³/mol. The Morgan fingerprint density at radius 2 is 1.75 bits per heavy atom. The van der Waals surface area contributed by atoms with Crippen molar-refractivity contribution >= 4 is 17.9 Å². The van der Waals surface area contributed by atoms with E-state index >= 15 is 0 Å². The van der Waals surface area contributed by atoms with Crippen LogP contribution < -0.4 is 15.4 Å². The molecule has 0 bridgehead atoms. The minimum absolute atomic E-state index is 0.0497. The number of hydrogen-bond acceptors (Lipinski definition) is 5. The molecule has 7 nitrogen and oxygen atoms in total. The van der Waals surface area contributed by atoms with Crippen LogP contribution >= 0.6 is 0 Å². The van der Waals surface area contributed by atoms with Gasteiger partial charge < -0.3 is 14.8 Å². The number of hydrogen-bond donors (Lipinski definition) is 2. The van der Waals surface area contributed by atoms with E-state index in [2.05, 4.69) is 10.1 Å². The summed E-state index contributed by atoms with van der Waals surface area (Å²) >= 11 is 0. The van der Waals surface area contributed by atoms with Crippen LogP contribution in [0, 0.1) is 5.92 Å². The quantitative estimate of drug-likeness (QED) is 0.737. The number of benzene rings is 1. The minimum Gasteiger partial charge on any atom is -0.452 e. The van der Waals surface area contributed by atoms with Crippen molar-refractivity contribution in [1.29, 1.82) is 0 Å². The molecular formula is C15H18F2N2O5. The van der Waals surface area contributed by atoms with Crippen LogP contribution in [0.15, 0.2) is 24.3 Å². The predicted octanol–water partition coefficient (Wildman–Crippen LogP) is 1.93. The van der Waals surface area contributed by atoms with Crippen molar-refractivity contribution in [3.8, 4) is 5.75 Å². The Kier molecular flexibility index (Phi) is 7.60. The SMILES string of the molecule is CC(C)CNC(=O)NC(=O)COC(=O)c1ccc(OC(F)F)cc1. The number of halogens is 2. The number of ether oxygens (including phenoxy) is 2. The summed E-state index contributed by atoms with van der Waals surface area (Å²) in [6.07, 6.45) is 0. The van der Waals surface area contributed by atoms with Crippen LogP contribution in [-0.2, 0) is 9.53 Å². The van der Waals surface area contributed by atoms with E-state index in [0.717, 1.165) is 0 Å². The second-order valence-electron chi connectivity index (χ2n) is 5.13. The maximum absolute atomic E-state index is 12.0. The summed E-state index contributed by atoms with van der Waals surface area (Å²) in [4.78, 5) is 34.5. The molecule has 0 spiro atoms. The van der Waals surface area contributed by atoms with Gasteiger partial charge >= 0.3 is 18.6 Å². The first-order chi connectivity index (χ1) is 11.3. The molecule has 1 rings (SSSR count). The summed E-state index contributed by atoms with van der Waals surface area (Å²) in [6, 6.07) is 4.09. The number of nitrogens with one attached hydrogen (secondary N) is 2. The zero-order valence-corrected chi connectivity index (χ0v) is 13.2. The molecule has 0 aliphatic heterocycles. The number of esters is 1. The van der Waals surface area contributed by atoms with E-state index in [1.165, 1.54) is 24.3 Å². The van der Waals surface area contributed by atoms with E-state index in [4.69, 9.17) is 4.74 Å². The van der Waals surface area contributed by atoms with E-state index in [9.17, 15) is 23.2 Å². The van der Waals surface area contributed by atoms with Gasteiger partial charge in [0.2, 0.25) is 0 Å². The van der Waals surface area contributed by atoms with E-state index in [1.807, 2.05) is 19.2 Å². The van der Waals surface area contributed by atoms with Crippen LogP contribution in [0.4, 0.5) is 13.6 Å². The number of rotatable bonds is 7. The van der Waals surface area contributed by atoms with E-state index < -0.39 is 31.1 Å². The number of amides is 3. The van der Waals surface area contributed by atoms with Gasteiger partial charge in [0, 0.05) is 6.54 Å². The molecular weight excluding hydrogens is 326 g/mol. The second kappa shape index (κ2) is 9.43. The van der Waals surface area contributed by atoms with Crippen LogP contribution in [0.25, 0.3) is 0 Å². The third kappa shape index (κ3) is 7.52. The fourth-order valence-corrected chi connectivity index (χ4v) is 1.49. The standard InChI is InChI=1S/C15H18F2N2O5/c1-9(2)7-18-15(22)19-12(20)8-23-13(21)10-3-5-11(6-4-10)24-14(16)17/h3-6,9,14H,7-8H2,1-2H3,(H2,18,19,20,22). The van der Waals surface area contributed by atoms with Gasteiger partial charge in [-0.2, -0.15) is 8.78 Å². The molecule has 2 N–H and O–H groups in total. The summed E-state index contributed by atoms with van der Waals surface area (Å²) in [5.41, 5.74) is 0.0497. The summed E-state index contributed by atoms with van der Waals surface area (Å²) < 4.78 is 32.9. The molecule has 132 valence electrons. The summed E-state index contributed by atoms with van der Waals surface area (Å²) in [6.45, 7) is 0.561. The Balaban J connectivity index is 2.39. The normalized spacial score (nSPS) is 10.4. The van der Waals surface area contributed by atoms with Crippen LogP contribution in [-0.4, -0.2) is 37.7 Å². The molecule has 0 saturated heterocycles. The van der Waals surface area contributed by atoms with E-state index in [1.54, 1.807) is 0 Å². The van der Waals surface area contributed by atoms with Gasteiger partial charge in [-0.3, -0.25) is 10.1 Å². The van der Waals surface area contributed by atoms with Crippen LogP contribution in [0.2, 0.25) is 0 Å². The topological polar surface area (TPSA) is 93.7 Å².